The summed E-state index contributed by atoms with van der Waals surface area (Å²) < 4.78 is 40.3. The first-order chi connectivity index (χ1) is 9.39. The zero-order valence-corrected chi connectivity index (χ0v) is 13.3. The van der Waals surface area contributed by atoms with Gasteiger partial charge in [0.25, 0.3) is 0 Å². The molecule has 2 fully saturated rings. The third-order valence-electron chi connectivity index (χ3n) is 4.36. The van der Waals surface area contributed by atoms with E-state index in [4.69, 9.17) is 5.73 Å². The van der Waals surface area contributed by atoms with Gasteiger partial charge in [0.2, 0.25) is 10.0 Å². The summed E-state index contributed by atoms with van der Waals surface area (Å²) in [7, 11) is -3.64. The fourth-order valence-corrected chi connectivity index (χ4v) is 5.47. The van der Waals surface area contributed by atoms with Gasteiger partial charge >= 0.3 is 0 Å². The van der Waals surface area contributed by atoms with Crippen molar-refractivity contribution >= 4 is 31.6 Å². The van der Waals surface area contributed by atoms with E-state index in [-0.39, 0.29) is 15.1 Å². The number of hydrogen-bond acceptors (Lipinski definition) is 3. The third kappa shape index (κ3) is 2.25. The van der Waals surface area contributed by atoms with Crippen molar-refractivity contribution in [2.75, 3.05) is 18.8 Å². The van der Waals surface area contributed by atoms with Gasteiger partial charge in [0.15, 0.2) is 0 Å². The van der Waals surface area contributed by atoms with Gasteiger partial charge in [0.1, 0.15) is 10.7 Å². The average molecular weight is 363 g/mol. The predicted molar refractivity (Wildman–Crippen MR) is 78.1 cm³/mol. The minimum absolute atomic E-state index is 0.00857. The molecule has 2 atom stereocenters. The number of halogens is 2. The van der Waals surface area contributed by atoms with Crippen LogP contribution in [0.15, 0.2) is 21.5 Å². The zero-order chi connectivity index (χ0) is 14.5. The van der Waals surface area contributed by atoms with Crippen LogP contribution in [0.3, 0.4) is 0 Å². The summed E-state index contributed by atoms with van der Waals surface area (Å²) in [5, 5.41) is 0. The lowest BCUT2D eigenvalue weighted by Crippen LogP contribution is -2.30. The number of nitrogen functional groups attached to an aromatic ring is 1. The summed E-state index contributed by atoms with van der Waals surface area (Å²) in [5.74, 6) is 0.379. The predicted octanol–water partition coefficient (Wildman–Crippen LogP) is 2.59. The molecule has 2 unspecified atom stereocenters. The molecule has 2 N–H and O–H groups in total. The number of hydrogen-bond donors (Lipinski definition) is 1. The van der Waals surface area contributed by atoms with Gasteiger partial charge in [0, 0.05) is 13.1 Å². The summed E-state index contributed by atoms with van der Waals surface area (Å²) in [4.78, 5) is -0.00857. The Morgan fingerprint density at radius 2 is 1.85 bits per heavy atom. The van der Waals surface area contributed by atoms with Crippen molar-refractivity contribution < 1.29 is 12.8 Å². The highest BCUT2D eigenvalue weighted by Crippen LogP contribution is 2.40. The van der Waals surface area contributed by atoms with Gasteiger partial charge in [-0.1, -0.05) is 6.42 Å². The van der Waals surface area contributed by atoms with Crippen molar-refractivity contribution in [2.24, 2.45) is 11.8 Å². The second-order valence-corrected chi connectivity index (χ2v) is 8.34. The summed E-state index contributed by atoms with van der Waals surface area (Å²) >= 11 is 3.02. The van der Waals surface area contributed by atoms with Crippen molar-refractivity contribution in [3.05, 3.63) is 22.4 Å². The third-order valence-corrected chi connectivity index (χ3v) is 6.86. The second-order valence-electron chi connectivity index (χ2n) is 5.58. The molecule has 1 aliphatic carbocycles. The first-order valence-corrected chi connectivity index (χ1v) is 8.87. The monoisotopic (exact) mass is 362 g/mol. The molecule has 0 radical (unpaired) electrons. The normalized spacial score (nSPS) is 26.9. The van der Waals surface area contributed by atoms with Gasteiger partial charge in [-0.25, -0.2) is 12.8 Å². The van der Waals surface area contributed by atoms with Gasteiger partial charge in [-0.2, -0.15) is 4.31 Å². The molecular weight excluding hydrogens is 347 g/mol. The molecule has 1 saturated carbocycles. The summed E-state index contributed by atoms with van der Waals surface area (Å²) in [5.41, 5.74) is 5.65. The van der Waals surface area contributed by atoms with E-state index in [1.807, 2.05) is 0 Å². The number of nitrogens with zero attached hydrogens (tertiary/aromatic N) is 1. The van der Waals surface area contributed by atoms with Gasteiger partial charge in [0.05, 0.1) is 10.2 Å². The summed E-state index contributed by atoms with van der Waals surface area (Å²) in [6.45, 7) is 1.11. The maximum absolute atomic E-state index is 13.4. The topological polar surface area (TPSA) is 63.4 Å². The molecule has 4 nitrogen and oxygen atoms in total. The van der Waals surface area contributed by atoms with Crippen LogP contribution in [-0.2, 0) is 10.0 Å². The van der Waals surface area contributed by atoms with Crippen molar-refractivity contribution in [1.29, 1.82) is 0 Å². The molecule has 20 heavy (non-hydrogen) atoms. The van der Waals surface area contributed by atoms with E-state index in [0.717, 1.165) is 18.9 Å². The van der Waals surface area contributed by atoms with Crippen LogP contribution >= 0.6 is 15.9 Å². The number of anilines is 1. The van der Waals surface area contributed by atoms with Crippen LogP contribution < -0.4 is 5.73 Å². The molecule has 7 heteroatoms. The molecule has 1 aromatic carbocycles. The van der Waals surface area contributed by atoms with Gasteiger partial charge in [-0.05, 0) is 52.7 Å². The first-order valence-electron chi connectivity index (χ1n) is 6.64. The Labute approximate surface area is 126 Å². The Bertz CT molecular complexity index is 638. The van der Waals surface area contributed by atoms with Crippen LogP contribution in [0.1, 0.15) is 19.3 Å². The lowest BCUT2D eigenvalue weighted by atomic mass is 10.0. The molecule has 3 rings (SSSR count). The molecule has 110 valence electrons. The molecule has 0 bridgehead atoms. The van der Waals surface area contributed by atoms with Crippen molar-refractivity contribution in [2.45, 2.75) is 24.2 Å². The van der Waals surface area contributed by atoms with E-state index >= 15 is 0 Å². The van der Waals surface area contributed by atoms with Crippen LogP contribution in [0.5, 0.6) is 0 Å². The van der Waals surface area contributed by atoms with Gasteiger partial charge in [-0.3, -0.25) is 0 Å². The maximum Gasteiger partial charge on any atom is 0.245 e. The molecular formula is C13H16BrFN2O2S. The highest BCUT2D eigenvalue weighted by Gasteiger charge is 2.42. The minimum Gasteiger partial charge on any atom is -0.398 e. The Morgan fingerprint density at radius 1 is 1.25 bits per heavy atom. The highest BCUT2D eigenvalue weighted by molar-refractivity contribution is 9.10. The number of benzene rings is 1. The van der Waals surface area contributed by atoms with E-state index in [1.54, 1.807) is 0 Å². The Balaban J connectivity index is 1.95. The lowest BCUT2D eigenvalue weighted by Gasteiger charge is -2.18. The standard InChI is InChI=1S/C13H16BrFN2O2S/c14-10-4-13(12(16)5-11(10)15)20(18,19)17-6-8-2-1-3-9(8)7-17/h4-5,8-9H,1-3,6-7,16H2. The number of rotatable bonds is 2. The molecule has 2 aliphatic rings. The largest absolute Gasteiger partial charge is 0.398 e. The van der Waals surface area contributed by atoms with E-state index in [1.165, 1.54) is 16.8 Å². The van der Waals surface area contributed by atoms with E-state index in [9.17, 15) is 12.8 Å². The summed E-state index contributed by atoms with van der Waals surface area (Å²) in [6.07, 6.45) is 3.38. The molecule has 1 aromatic rings. The van der Waals surface area contributed by atoms with Crippen LogP contribution in [0.25, 0.3) is 0 Å². The van der Waals surface area contributed by atoms with Gasteiger partial charge < -0.3 is 5.73 Å². The summed E-state index contributed by atoms with van der Waals surface area (Å²) in [6, 6.07) is 2.31. The van der Waals surface area contributed by atoms with Crippen LogP contribution in [-0.4, -0.2) is 25.8 Å². The maximum atomic E-state index is 13.4. The van der Waals surface area contributed by atoms with Crippen molar-refractivity contribution in [3.8, 4) is 0 Å². The second kappa shape index (κ2) is 4.96. The molecule has 0 spiro atoms. The Hall–Kier alpha value is -0.660. The minimum atomic E-state index is -3.64. The van der Waals surface area contributed by atoms with Gasteiger partial charge in [-0.15, -0.1) is 0 Å². The molecule has 1 heterocycles. The highest BCUT2D eigenvalue weighted by atomic mass is 79.9. The smallest absolute Gasteiger partial charge is 0.245 e. The van der Waals surface area contributed by atoms with Crippen LogP contribution in [0.2, 0.25) is 0 Å². The first kappa shape index (κ1) is 14.3. The fourth-order valence-electron chi connectivity index (χ4n) is 3.29. The molecule has 1 saturated heterocycles. The number of fused-ring (bicyclic) bond motifs is 1. The van der Waals surface area contributed by atoms with Crippen molar-refractivity contribution in [3.63, 3.8) is 0 Å². The SMILES string of the molecule is Nc1cc(F)c(Br)cc1S(=O)(=O)N1CC2CCCC2C1. The number of nitrogens with two attached hydrogens (primary N) is 1. The molecule has 1 aliphatic heterocycles. The molecule has 0 amide bonds. The lowest BCUT2D eigenvalue weighted by molar-refractivity contribution is 0.445. The van der Waals surface area contributed by atoms with Crippen molar-refractivity contribution in [1.82, 2.24) is 4.31 Å². The van der Waals surface area contributed by atoms with E-state index < -0.39 is 15.8 Å². The van der Waals surface area contributed by atoms with E-state index in [2.05, 4.69) is 15.9 Å². The zero-order valence-electron chi connectivity index (χ0n) is 10.9. The molecule has 0 aromatic heterocycles. The Morgan fingerprint density at radius 3 is 2.45 bits per heavy atom. The average Bonchev–Trinajstić information content (AvgIpc) is 2.94. The Kier molecular flexibility index (Phi) is 3.54. The quantitative estimate of drug-likeness (QED) is 0.822. The van der Waals surface area contributed by atoms with Crippen LogP contribution in [0.4, 0.5) is 10.1 Å². The van der Waals surface area contributed by atoms with Crippen LogP contribution in [0, 0.1) is 17.7 Å². The fraction of sp³-hybridized carbons (Fsp3) is 0.538. The number of sulfonamides is 1. The van der Waals surface area contributed by atoms with E-state index in [0.29, 0.717) is 24.9 Å².